The quantitative estimate of drug-likeness (QED) is 0.810. The van der Waals surface area contributed by atoms with E-state index in [-0.39, 0.29) is 11.8 Å². The predicted octanol–water partition coefficient (Wildman–Crippen LogP) is 1.40. The van der Waals surface area contributed by atoms with E-state index in [2.05, 4.69) is 41.5 Å². The highest BCUT2D eigenvalue weighted by Gasteiger charge is 2.40. The minimum atomic E-state index is -0.226. The van der Waals surface area contributed by atoms with Gasteiger partial charge in [0.1, 0.15) is 0 Å². The summed E-state index contributed by atoms with van der Waals surface area (Å²) >= 11 is 0. The lowest BCUT2D eigenvalue weighted by molar-refractivity contribution is -0.121. The molecule has 0 saturated carbocycles. The number of anilines is 1. The molecule has 104 valence electrons. The fourth-order valence-electron chi connectivity index (χ4n) is 4.02. The third kappa shape index (κ3) is 1.54. The van der Waals surface area contributed by atoms with Crippen LogP contribution in [0, 0.1) is 5.92 Å². The molecule has 3 aliphatic rings. The average Bonchev–Trinajstić information content (AvgIpc) is 2.84. The molecule has 0 spiro atoms. The molecule has 0 aromatic heterocycles. The van der Waals surface area contributed by atoms with E-state index in [1.54, 1.807) is 0 Å². The van der Waals surface area contributed by atoms with Crippen LogP contribution in [0.3, 0.4) is 0 Å². The number of likely N-dealkylation sites (N-methyl/N-ethyl adjacent to an activating group) is 1. The van der Waals surface area contributed by atoms with Crippen molar-refractivity contribution in [3.05, 3.63) is 35.4 Å². The summed E-state index contributed by atoms with van der Waals surface area (Å²) in [5.41, 5.74) is 10.8. The Morgan fingerprint density at radius 2 is 2.30 bits per heavy atom. The first kappa shape index (κ1) is 12.0. The van der Waals surface area contributed by atoms with Gasteiger partial charge in [0.25, 0.3) is 0 Å². The maximum absolute atomic E-state index is 11.6. The number of nitrogens with zero attached hydrogens (tertiary/aromatic N) is 1. The zero-order valence-corrected chi connectivity index (χ0v) is 11.6. The smallest absolute Gasteiger partial charge is 0.225 e. The molecule has 0 bridgehead atoms. The summed E-state index contributed by atoms with van der Waals surface area (Å²) in [5, 5.41) is 3.50. The Hall–Kier alpha value is -1.81. The van der Waals surface area contributed by atoms with E-state index >= 15 is 0 Å². The van der Waals surface area contributed by atoms with E-state index < -0.39 is 0 Å². The summed E-state index contributed by atoms with van der Waals surface area (Å²) in [6.45, 7) is 1.77. The number of benzene rings is 1. The second-order valence-corrected chi connectivity index (χ2v) is 6.17. The number of nitrogens with two attached hydrogens (primary N) is 1. The second-order valence-electron chi connectivity index (χ2n) is 6.17. The minimum absolute atomic E-state index is 0.173. The molecule has 1 unspecified atom stereocenters. The molecule has 1 aromatic carbocycles. The molecule has 4 rings (SSSR count). The third-order valence-electron chi connectivity index (χ3n) is 4.99. The zero-order valence-electron chi connectivity index (χ0n) is 11.6. The molecule has 0 radical (unpaired) electrons. The van der Waals surface area contributed by atoms with Crippen LogP contribution in [0.1, 0.15) is 23.5 Å². The third-order valence-corrected chi connectivity index (χ3v) is 4.99. The van der Waals surface area contributed by atoms with Crippen molar-refractivity contribution in [3.8, 4) is 0 Å². The number of hydrogen-bond acceptors (Lipinski definition) is 3. The topological polar surface area (TPSA) is 58.4 Å². The van der Waals surface area contributed by atoms with E-state index in [1.807, 2.05) is 0 Å². The number of nitrogens with one attached hydrogen (secondary N) is 1. The maximum atomic E-state index is 11.6. The lowest BCUT2D eigenvalue weighted by atomic mass is 9.74. The van der Waals surface area contributed by atoms with Crippen molar-refractivity contribution in [2.45, 2.75) is 18.4 Å². The molecule has 1 aromatic rings. The molecule has 2 aliphatic heterocycles. The standard InChI is InChI=1S/C16H19N3O/c1-19-8-10(16(17)20)5-12-11-3-2-4-13-15(11)9(7-18-13)6-14(12)19/h2-5,9-10,14,18H,6-8H2,1H3,(H2,17,20)/t9?,10-,14-/m1/s1. The van der Waals surface area contributed by atoms with Crippen LogP contribution in [0.5, 0.6) is 0 Å². The fourth-order valence-corrected chi connectivity index (χ4v) is 4.02. The van der Waals surface area contributed by atoms with E-state index in [9.17, 15) is 4.79 Å². The molecule has 0 fully saturated rings. The molecule has 20 heavy (non-hydrogen) atoms. The average molecular weight is 269 g/mol. The van der Waals surface area contributed by atoms with Gasteiger partial charge in [0.2, 0.25) is 5.91 Å². The van der Waals surface area contributed by atoms with Crippen molar-refractivity contribution in [2.24, 2.45) is 11.7 Å². The van der Waals surface area contributed by atoms with Crippen LogP contribution in [-0.2, 0) is 4.79 Å². The Kier molecular flexibility index (Phi) is 2.45. The molecule has 4 nitrogen and oxygen atoms in total. The van der Waals surface area contributed by atoms with E-state index in [0.717, 1.165) is 19.5 Å². The molecule has 3 atom stereocenters. The van der Waals surface area contributed by atoms with Crippen LogP contribution < -0.4 is 11.1 Å². The van der Waals surface area contributed by atoms with Gasteiger partial charge in [-0.25, -0.2) is 0 Å². The molecule has 0 saturated heterocycles. The van der Waals surface area contributed by atoms with Crippen molar-refractivity contribution in [1.82, 2.24) is 4.90 Å². The van der Waals surface area contributed by atoms with Crippen LogP contribution in [0.4, 0.5) is 5.69 Å². The van der Waals surface area contributed by atoms with Gasteiger partial charge in [-0.3, -0.25) is 9.69 Å². The first-order valence-corrected chi connectivity index (χ1v) is 7.23. The van der Waals surface area contributed by atoms with Gasteiger partial charge in [0.05, 0.1) is 5.92 Å². The Morgan fingerprint density at radius 1 is 1.45 bits per heavy atom. The molecular weight excluding hydrogens is 250 g/mol. The number of carbonyl (C=O) groups excluding carboxylic acids is 1. The summed E-state index contributed by atoms with van der Waals surface area (Å²) in [6.07, 6.45) is 3.24. The minimum Gasteiger partial charge on any atom is -0.384 e. The summed E-state index contributed by atoms with van der Waals surface area (Å²) in [7, 11) is 2.10. The predicted molar refractivity (Wildman–Crippen MR) is 79.4 cm³/mol. The van der Waals surface area contributed by atoms with Gasteiger partial charge in [-0.2, -0.15) is 0 Å². The van der Waals surface area contributed by atoms with Gasteiger partial charge in [-0.05, 0) is 36.2 Å². The largest absolute Gasteiger partial charge is 0.384 e. The fraction of sp³-hybridized carbons (Fsp3) is 0.438. The SMILES string of the molecule is CN1C[C@H](C(N)=O)C=C2c3cccc4c3C(CN4)C[C@H]21. The molecular formula is C16H19N3O. The van der Waals surface area contributed by atoms with E-state index in [0.29, 0.717) is 12.0 Å². The van der Waals surface area contributed by atoms with Gasteiger partial charge in [-0.1, -0.05) is 18.2 Å². The van der Waals surface area contributed by atoms with E-state index in [1.165, 1.54) is 22.4 Å². The molecule has 3 N–H and O–H groups in total. The highest BCUT2D eigenvalue weighted by Crippen LogP contribution is 2.48. The number of fused-ring (bicyclic) bond motifs is 2. The molecule has 1 amide bonds. The lowest BCUT2D eigenvalue weighted by Gasteiger charge is -2.41. The van der Waals surface area contributed by atoms with Crippen molar-refractivity contribution < 1.29 is 4.79 Å². The Balaban J connectivity index is 1.88. The summed E-state index contributed by atoms with van der Waals surface area (Å²) < 4.78 is 0. The number of primary amides is 1. The van der Waals surface area contributed by atoms with E-state index in [4.69, 9.17) is 5.73 Å². The van der Waals surface area contributed by atoms with Gasteiger partial charge in [-0.15, -0.1) is 0 Å². The Labute approximate surface area is 118 Å². The van der Waals surface area contributed by atoms with Crippen molar-refractivity contribution in [2.75, 3.05) is 25.5 Å². The van der Waals surface area contributed by atoms with Gasteiger partial charge < -0.3 is 11.1 Å². The van der Waals surface area contributed by atoms with Crippen molar-refractivity contribution in [1.29, 1.82) is 0 Å². The first-order chi connectivity index (χ1) is 9.65. The normalized spacial score (nSPS) is 31.1. The van der Waals surface area contributed by atoms with Gasteiger partial charge in [0, 0.05) is 30.7 Å². The highest BCUT2D eigenvalue weighted by molar-refractivity contribution is 5.86. The summed E-state index contributed by atoms with van der Waals surface area (Å²) in [6, 6.07) is 6.85. The highest BCUT2D eigenvalue weighted by atomic mass is 16.1. The molecule has 1 aliphatic carbocycles. The monoisotopic (exact) mass is 269 g/mol. The van der Waals surface area contributed by atoms with Crippen LogP contribution >= 0.6 is 0 Å². The Bertz CT molecular complexity index is 622. The number of rotatable bonds is 1. The molecule has 2 heterocycles. The number of amides is 1. The summed E-state index contributed by atoms with van der Waals surface area (Å²) in [5.74, 6) is 0.194. The van der Waals surface area contributed by atoms with Crippen LogP contribution in [0.25, 0.3) is 5.57 Å². The molecule has 4 heteroatoms. The van der Waals surface area contributed by atoms with Crippen molar-refractivity contribution >= 4 is 17.2 Å². The maximum Gasteiger partial charge on any atom is 0.225 e. The van der Waals surface area contributed by atoms with Crippen molar-refractivity contribution in [3.63, 3.8) is 0 Å². The number of hydrogen-bond donors (Lipinski definition) is 2. The Morgan fingerprint density at radius 3 is 3.10 bits per heavy atom. The lowest BCUT2D eigenvalue weighted by Crippen LogP contribution is -2.45. The number of carbonyl (C=O) groups is 1. The van der Waals surface area contributed by atoms with Gasteiger partial charge in [0.15, 0.2) is 0 Å². The van der Waals surface area contributed by atoms with Crippen LogP contribution in [-0.4, -0.2) is 37.0 Å². The summed E-state index contributed by atoms with van der Waals surface area (Å²) in [4.78, 5) is 13.9. The second kappa shape index (κ2) is 4.09. The van der Waals surface area contributed by atoms with Crippen LogP contribution in [0.2, 0.25) is 0 Å². The van der Waals surface area contributed by atoms with Gasteiger partial charge >= 0.3 is 0 Å². The zero-order chi connectivity index (χ0) is 13.9. The first-order valence-electron chi connectivity index (χ1n) is 7.23. The van der Waals surface area contributed by atoms with Crippen LogP contribution in [0.15, 0.2) is 24.3 Å².